The van der Waals surface area contributed by atoms with E-state index in [9.17, 15) is 9.59 Å². The Morgan fingerprint density at radius 2 is 1.00 bits per heavy atom. The van der Waals surface area contributed by atoms with Crippen LogP contribution >= 0.6 is 0 Å². The van der Waals surface area contributed by atoms with Gasteiger partial charge in [-0.15, -0.1) is 0 Å². The molecule has 0 spiro atoms. The lowest BCUT2D eigenvalue weighted by molar-refractivity contribution is -0.124. The standard InChI is InChI=1S/C34H27NO4/c36-32(24-39-31-22-20-26(21-23-31)25-16-18-27(19-17-25)33(37)38)35-34(28-10-4-1-5-11-28,29-12-6-2-7-13-29)30-14-8-3-9-15-30/h1-23H,24H2,(H,35,36)(H,37,38). The Hall–Kier alpha value is -5.16. The van der Waals surface area contributed by atoms with Gasteiger partial charge in [0.1, 0.15) is 11.3 Å². The maximum absolute atomic E-state index is 13.4. The van der Waals surface area contributed by atoms with Crippen molar-refractivity contribution in [2.45, 2.75) is 5.54 Å². The zero-order chi connectivity index (χ0) is 27.1. The summed E-state index contributed by atoms with van der Waals surface area (Å²) in [5, 5.41) is 12.4. The molecule has 0 atom stereocenters. The number of amides is 1. The minimum Gasteiger partial charge on any atom is -0.484 e. The van der Waals surface area contributed by atoms with Crippen molar-refractivity contribution in [1.82, 2.24) is 5.32 Å². The van der Waals surface area contributed by atoms with Gasteiger partial charge in [-0.1, -0.05) is 115 Å². The second-order valence-corrected chi connectivity index (χ2v) is 9.09. The molecule has 0 saturated heterocycles. The second-order valence-electron chi connectivity index (χ2n) is 9.09. The number of hydrogen-bond acceptors (Lipinski definition) is 3. The van der Waals surface area contributed by atoms with E-state index in [-0.39, 0.29) is 18.1 Å². The molecular formula is C34H27NO4. The molecule has 5 heteroatoms. The van der Waals surface area contributed by atoms with Crippen molar-refractivity contribution in [3.8, 4) is 16.9 Å². The zero-order valence-corrected chi connectivity index (χ0v) is 21.2. The summed E-state index contributed by atoms with van der Waals surface area (Å²) in [5.41, 5.74) is 3.96. The lowest BCUT2D eigenvalue weighted by Crippen LogP contribution is -2.49. The molecule has 0 unspecified atom stereocenters. The molecule has 0 radical (unpaired) electrons. The number of carbonyl (C=O) groups excluding carboxylic acids is 1. The largest absolute Gasteiger partial charge is 0.484 e. The molecule has 0 bridgehead atoms. The van der Waals surface area contributed by atoms with Gasteiger partial charge in [0.15, 0.2) is 6.61 Å². The predicted octanol–water partition coefficient (Wildman–Crippen LogP) is 6.54. The predicted molar refractivity (Wildman–Crippen MR) is 152 cm³/mol. The fraction of sp³-hybridized carbons (Fsp3) is 0.0588. The fourth-order valence-corrected chi connectivity index (χ4v) is 4.72. The van der Waals surface area contributed by atoms with Gasteiger partial charge >= 0.3 is 5.97 Å². The number of nitrogens with one attached hydrogen (secondary N) is 1. The van der Waals surface area contributed by atoms with Crippen LogP contribution in [0.1, 0.15) is 27.0 Å². The van der Waals surface area contributed by atoms with Crippen molar-refractivity contribution >= 4 is 11.9 Å². The highest BCUT2D eigenvalue weighted by atomic mass is 16.5. The van der Waals surface area contributed by atoms with Crippen LogP contribution in [-0.4, -0.2) is 23.6 Å². The number of carboxylic acid groups (broad SMARTS) is 1. The molecule has 0 saturated carbocycles. The number of carbonyl (C=O) groups is 2. The Kier molecular flexibility index (Phi) is 7.51. The van der Waals surface area contributed by atoms with Crippen molar-refractivity contribution in [2.24, 2.45) is 0 Å². The molecule has 2 N–H and O–H groups in total. The lowest BCUT2D eigenvalue weighted by atomic mass is 9.77. The van der Waals surface area contributed by atoms with Gasteiger partial charge < -0.3 is 15.2 Å². The number of carboxylic acids is 1. The normalized spacial score (nSPS) is 11.0. The first-order valence-corrected chi connectivity index (χ1v) is 12.6. The van der Waals surface area contributed by atoms with Gasteiger partial charge in [0.2, 0.25) is 0 Å². The van der Waals surface area contributed by atoms with Gasteiger partial charge in [-0.3, -0.25) is 4.79 Å². The van der Waals surface area contributed by atoms with Crippen molar-refractivity contribution in [1.29, 1.82) is 0 Å². The van der Waals surface area contributed by atoms with E-state index >= 15 is 0 Å². The summed E-state index contributed by atoms with van der Waals surface area (Å²) in [6, 6.07) is 43.8. The summed E-state index contributed by atoms with van der Waals surface area (Å²) >= 11 is 0. The molecule has 0 fully saturated rings. The van der Waals surface area contributed by atoms with E-state index in [1.165, 1.54) is 0 Å². The van der Waals surface area contributed by atoms with E-state index in [0.29, 0.717) is 5.75 Å². The van der Waals surface area contributed by atoms with Crippen molar-refractivity contribution < 1.29 is 19.4 Å². The Morgan fingerprint density at radius 3 is 1.41 bits per heavy atom. The highest BCUT2D eigenvalue weighted by Crippen LogP contribution is 2.36. The average molecular weight is 514 g/mol. The smallest absolute Gasteiger partial charge is 0.335 e. The molecule has 0 aliphatic heterocycles. The van der Waals surface area contributed by atoms with Crippen LogP contribution in [0.4, 0.5) is 0 Å². The van der Waals surface area contributed by atoms with Crippen molar-refractivity contribution in [3.05, 3.63) is 162 Å². The molecule has 1 amide bonds. The van der Waals surface area contributed by atoms with E-state index in [2.05, 4.69) is 5.32 Å². The Labute approximate surface area is 227 Å². The maximum Gasteiger partial charge on any atom is 0.335 e. The summed E-state index contributed by atoms with van der Waals surface area (Å²) in [6.45, 7) is -0.166. The van der Waals surface area contributed by atoms with Crippen LogP contribution in [0.25, 0.3) is 11.1 Å². The zero-order valence-electron chi connectivity index (χ0n) is 21.2. The Morgan fingerprint density at radius 1 is 0.590 bits per heavy atom. The summed E-state index contributed by atoms with van der Waals surface area (Å²) in [4.78, 5) is 24.5. The molecule has 0 heterocycles. The number of aromatic carboxylic acids is 1. The Balaban J connectivity index is 1.37. The first-order chi connectivity index (χ1) is 19.1. The van der Waals surface area contributed by atoms with Crippen molar-refractivity contribution in [3.63, 3.8) is 0 Å². The summed E-state index contributed by atoms with van der Waals surface area (Å²) < 4.78 is 5.87. The van der Waals surface area contributed by atoms with Gasteiger partial charge in [-0.2, -0.15) is 0 Å². The van der Waals surface area contributed by atoms with Crippen LogP contribution in [0.5, 0.6) is 5.75 Å². The van der Waals surface area contributed by atoms with E-state index in [4.69, 9.17) is 9.84 Å². The van der Waals surface area contributed by atoms with Gasteiger partial charge in [0, 0.05) is 0 Å². The lowest BCUT2D eigenvalue weighted by Gasteiger charge is -2.36. The Bertz CT molecular complexity index is 1440. The highest BCUT2D eigenvalue weighted by Gasteiger charge is 2.37. The van der Waals surface area contributed by atoms with Crippen LogP contribution in [0, 0.1) is 0 Å². The maximum atomic E-state index is 13.4. The number of benzene rings is 5. The molecular weight excluding hydrogens is 486 g/mol. The summed E-state index contributed by atoms with van der Waals surface area (Å²) in [5.74, 6) is -0.667. The third-order valence-corrected chi connectivity index (χ3v) is 6.64. The van der Waals surface area contributed by atoms with Crippen LogP contribution in [0.15, 0.2) is 140 Å². The number of ether oxygens (including phenoxy) is 1. The molecule has 39 heavy (non-hydrogen) atoms. The molecule has 0 aliphatic rings. The highest BCUT2D eigenvalue weighted by molar-refractivity contribution is 5.88. The van der Waals surface area contributed by atoms with Crippen molar-refractivity contribution in [2.75, 3.05) is 6.61 Å². The molecule has 5 aromatic rings. The van der Waals surface area contributed by atoms with Gasteiger partial charge in [0.25, 0.3) is 5.91 Å². The number of hydrogen-bond donors (Lipinski definition) is 2. The van der Waals surface area contributed by atoms with E-state index < -0.39 is 11.5 Å². The van der Waals surface area contributed by atoms with E-state index in [0.717, 1.165) is 27.8 Å². The molecule has 5 rings (SSSR count). The van der Waals surface area contributed by atoms with Crippen LogP contribution in [0.2, 0.25) is 0 Å². The number of rotatable bonds is 9. The minimum absolute atomic E-state index is 0.166. The minimum atomic E-state index is -0.959. The van der Waals surface area contributed by atoms with Gasteiger partial charge in [0.05, 0.1) is 5.56 Å². The molecule has 192 valence electrons. The SMILES string of the molecule is O=C(COc1ccc(-c2ccc(C(=O)O)cc2)cc1)NC(c1ccccc1)(c1ccccc1)c1ccccc1. The quantitative estimate of drug-likeness (QED) is 0.220. The van der Waals surface area contributed by atoms with Crippen LogP contribution < -0.4 is 10.1 Å². The fourth-order valence-electron chi connectivity index (χ4n) is 4.72. The van der Waals surface area contributed by atoms with E-state index in [1.54, 1.807) is 36.4 Å². The first kappa shape index (κ1) is 25.5. The van der Waals surface area contributed by atoms with Gasteiger partial charge in [-0.05, 0) is 52.1 Å². The third kappa shape index (κ3) is 5.58. The van der Waals surface area contributed by atoms with E-state index in [1.807, 2.05) is 103 Å². The molecule has 5 aromatic carbocycles. The molecule has 0 aliphatic carbocycles. The third-order valence-electron chi connectivity index (χ3n) is 6.64. The molecule has 5 nitrogen and oxygen atoms in total. The first-order valence-electron chi connectivity index (χ1n) is 12.6. The van der Waals surface area contributed by atoms with Gasteiger partial charge in [-0.25, -0.2) is 4.79 Å². The topological polar surface area (TPSA) is 75.6 Å². The summed E-state index contributed by atoms with van der Waals surface area (Å²) in [6.07, 6.45) is 0. The second kappa shape index (κ2) is 11.5. The summed E-state index contributed by atoms with van der Waals surface area (Å²) in [7, 11) is 0. The molecule has 0 aromatic heterocycles. The van der Waals surface area contributed by atoms with Crippen LogP contribution in [-0.2, 0) is 10.3 Å². The average Bonchev–Trinajstić information content (AvgIpc) is 3.00. The van der Waals surface area contributed by atoms with Crippen LogP contribution in [0.3, 0.4) is 0 Å². The monoisotopic (exact) mass is 513 g/mol.